The van der Waals surface area contributed by atoms with E-state index in [0.717, 1.165) is 17.7 Å². The summed E-state index contributed by atoms with van der Waals surface area (Å²) in [5.74, 6) is -0.937. The lowest BCUT2D eigenvalue weighted by Crippen LogP contribution is -2.37. The van der Waals surface area contributed by atoms with Gasteiger partial charge < -0.3 is 19.9 Å². The second kappa shape index (κ2) is 6.00. The van der Waals surface area contributed by atoms with Crippen LogP contribution in [0.2, 0.25) is 5.02 Å². The number of aromatic nitrogens is 1. The second-order valence-corrected chi connectivity index (χ2v) is 6.80. The summed E-state index contributed by atoms with van der Waals surface area (Å²) in [6, 6.07) is 1.49. The Kier molecular flexibility index (Phi) is 3.92. The van der Waals surface area contributed by atoms with Gasteiger partial charge in [-0.2, -0.15) is 0 Å². The molecule has 25 heavy (non-hydrogen) atoms. The highest BCUT2D eigenvalue weighted by Crippen LogP contribution is 2.40. The molecule has 4 rings (SSSR count). The maximum Gasteiger partial charge on any atom is 0.248 e. The van der Waals surface area contributed by atoms with Gasteiger partial charge in [0.2, 0.25) is 11.8 Å². The van der Waals surface area contributed by atoms with E-state index in [4.69, 9.17) is 16.7 Å². The number of benzene rings is 1. The Bertz CT molecular complexity index is 895. The van der Waals surface area contributed by atoms with Crippen LogP contribution in [-0.2, 0) is 22.6 Å². The number of aliphatic hydroxyl groups is 1. The van der Waals surface area contributed by atoms with Gasteiger partial charge in [0, 0.05) is 49.1 Å². The third-order valence-electron chi connectivity index (χ3n) is 4.97. The van der Waals surface area contributed by atoms with Gasteiger partial charge >= 0.3 is 0 Å². The highest BCUT2D eigenvalue weighted by atomic mass is 35.5. The van der Waals surface area contributed by atoms with Gasteiger partial charge in [-0.1, -0.05) is 11.6 Å². The molecular formula is C17H17ClFN3O3. The van der Waals surface area contributed by atoms with Crippen molar-refractivity contribution in [3.63, 3.8) is 0 Å². The third-order valence-corrected chi connectivity index (χ3v) is 5.25. The van der Waals surface area contributed by atoms with Gasteiger partial charge in [-0.25, -0.2) is 4.39 Å². The van der Waals surface area contributed by atoms with Gasteiger partial charge in [-0.15, -0.1) is 0 Å². The molecule has 0 saturated carbocycles. The Morgan fingerprint density at radius 1 is 1.36 bits per heavy atom. The van der Waals surface area contributed by atoms with Crippen LogP contribution < -0.4 is 4.90 Å². The van der Waals surface area contributed by atoms with Crippen LogP contribution in [0.5, 0.6) is 0 Å². The lowest BCUT2D eigenvalue weighted by Gasteiger charge is -2.27. The highest BCUT2D eigenvalue weighted by molar-refractivity contribution is 6.32. The number of nitrogens with zero attached hydrogens (tertiary/aromatic N) is 2. The number of carbonyl (C=O) groups excluding carboxylic acids is 2. The SMILES string of the molecule is O=C(CO)N1CCc2[nH]c3c(F)c(Cl)cc(N4CCCC4=O)c3c2C1. The fourth-order valence-electron chi connectivity index (χ4n) is 3.75. The number of halogens is 2. The summed E-state index contributed by atoms with van der Waals surface area (Å²) >= 11 is 6.05. The Balaban J connectivity index is 1.91. The predicted molar refractivity (Wildman–Crippen MR) is 91.1 cm³/mol. The van der Waals surface area contributed by atoms with Crippen molar-refractivity contribution in [2.45, 2.75) is 25.8 Å². The number of nitrogens with one attached hydrogen (secondary N) is 1. The molecule has 2 amide bonds. The topological polar surface area (TPSA) is 76.6 Å². The number of hydrogen-bond donors (Lipinski definition) is 2. The smallest absolute Gasteiger partial charge is 0.248 e. The Morgan fingerprint density at radius 3 is 2.84 bits per heavy atom. The summed E-state index contributed by atoms with van der Waals surface area (Å²) < 4.78 is 14.6. The number of fused-ring (bicyclic) bond motifs is 3. The molecule has 8 heteroatoms. The molecule has 0 spiro atoms. The summed E-state index contributed by atoms with van der Waals surface area (Å²) in [5, 5.41) is 9.67. The van der Waals surface area contributed by atoms with Gasteiger partial charge in [-0.3, -0.25) is 9.59 Å². The number of aliphatic hydroxyl groups excluding tert-OH is 1. The summed E-state index contributed by atoms with van der Waals surface area (Å²) in [5.41, 5.74) is 2.48. The van der Waals surface area contributed by atoms with Crippen molar-refractivity contribution in [1.82, 2.24) is 9.88 Å². The predicted octanol–water partition coefficient (Wildman–Crippen LogP) is 1.96. The molecule has 1 fully saturated rings. The van der Waals surface area contributed by atoms with Gasteiger partial charge in [-0.05, 0) is 12.5 Å². The van der Waals surface area contributed by atoms with Crippen LogP contribution in [0.25, 0.3) is 10.9 Å². The molecule has 2 aromatic rings. The number of rotatable bonds is 2. The van der Waals surface area contributed by atoms with Crippen LogP contribution in [0.4, 0.5) is 10.1 Å². The van der Waals surface area contributed by atoms with E-state index in [-0.39, 0.29) is 28.9 Å². The summed E-state index contributed by atoms with van der Waals surface area (Å²) in [7, 11) is 0. The molecule has 0 atom stereocenters. The van der Waals surface area contributed by atoms with Crippen molar-refractivity contribution >= 4 is 40.0 Å². The van der Waals surface area contributed by atoms with Crippen molar-refractivity contribution in [2.24, 2.45) is 0 Å². The zero-order valence-electron chi connectivity index (χ0n) is 13.4. The summed E-state index contributed by atoms with van der Waals surface area (Å²) in [4.78, 5) is 30.3. The normalized spacial score (nSPS) is 17.5. The summed E-state index contributed by atoms with van der Waals surface area (Å²) in [6.07, 6.45) is 1.73. The van der Waals surface area contributed by atoms with Crippen LogP contribution in [0.3, 0.4) is 0 Å². The Morgan fingerprint density at radius 2 is 2.16 bits per heavy atom. The van der Waals surface area contributed by atoms with Crippen LogP contribution in [0.1, 0.15) is 24.1 Å². The number of carbonyl (C=O) groups is 2. The van der Waals surface area contributed by atoms with E-state index in [1.165, 1.54) is 11.0 Å². The molecule has 0 unspecified atom stereocenters. The minimum Gasteiger partial charge on any atom is -0.387 e. The number of hydrogen-bond acceptors (Lipinski definition) is 3. The van der Waals surface area contributed by atoms with Crippen LogP contribution in [-0.4, -0.2) is 46.5 Å². The van der Waals surface area contributed by atoms with E-state index in [9.17, 15) is 14.0 Å². The first-order valence-corrected chi connectivity index (χ1v) is 8.59. The largest absolute Gasteiger partial charge is 0.387 e. The van der Waals surface area contributed by atoms with E-state index in [1.54, 1.807) is 4.90 Å². The van der Waals surface area contributed by atoms with Gasteiger partial charge in [0.15, 0.2) is 5.82 Å². The standard InChI is InChI=1S/C17H17ClFN3O3/c18-10-6-12(22-4-1-2-13(22)24)15-9-7-21(14(25)8-23)5-3-11(9)20-17(15)16(10)19/h6,20,23H,1-5,7-8H2. The maximum absolute atomic E-state index is 14.6. The van der Waals surface area contributed by atoms with Gasteiger partial charge in [0.1, 0.15) is 6.61 Å². The number of H-pyrrole nitrogens is 1. The quantitative estimate of drug-likeness (QED) is 0.854. The molecule has 0 bridgehead atoms. The van der Waals surface area contributed by atoms with Crippen LogP contribution in [0, 0.1) is 5.82 Å². The Hall–Kier alpha value is -2.12. The molecule has 1 saturated heterocycles. The number of aromatic amines is 1. The lowest BCUT2D eigenvalue weighted by atomic mass is 10.0. The number of amides is 2. The molecule has 0 aliphatic carbocycles. The van der Waals surface area contributed by atoms with E-state index < -0.39 is 12.4 Å². The maximum atomic E-state index is 14.6. The van der Waals surface area contributed by atoms with E-state index in [0.29, 0.717) is 37.0 Å². The first-order chi connectivity index (χ1) is 12.0. The van der Waals surface area contributed by atoms with Gasteiger partial charge in [0.25, 0.3) is 0 Å². The number of anilines is 1. The lowest BCUT2D eigenvalue weighted by molar-refractivity contribution is -0.135. The van der Waals surface area contributed by atoms with Crippen molar-refractivity contribution in [3.05, 3.63) is 28.2 Å². The summed E-state index contributed by atoms with van der Waals surface area (Å²) in [6.45, 7) is 0.724. The molecule has 3 heterocycles. The molecule has 132 valence electrons. The monoisotopic (exact) mass is 365 g/mol. The van der Waals surface area contributed by atoms with E-state index in [2.05, 4.69) is 4.98 Å². The Labute approximate surface area is 148 Å². The van der Waals surface area contributed by atoms with E-state index in [1.807, 2.05) is 0 Å². The molecule has 2 aliphatic rings. The average Bonchev–Trinajstić information content (AvgIpc) is 3.20. The molecular weight excluding hydrogens is 349 g/mol. The molecule has 1 aromatic heterocycles. The third kappa shape index (κ3) is 2.49. The van der Waals surface area contributed by atoms with E-state index >= 15 is 0 Å². The average molecular weight is 366 g/mol. The van der Waals surface area contributed by atoms with Gasteiger partial charge in [0.05, 0.1) is 16.2 Å². The first-order valence-electron chi connectivity index (χ1n) is 8.21. The molecule has 0 radical (unpaired) electrons. The minimum absolute atomic E-state index is 0.0157. The van der Waals surface area contributed by atoms with Crippen molar-refractivity contribution in [1.29, 1.82) is 0 Å². The van der Waals surface area contributed by atoms with Crippen LogP contribution in [0.15, 0.2) is 6.07 Å². The highest BCUT2D eigenvalue weighted by Gasteiger charge is 2.31. The zero-order chi connectivity index (χ0) is 17.7. The molecule has 2 aliphatic heterocycles. The zero-order valence-corrected chi connectivity index (χ0v) is 14.2. The van der Waals surface area contributed by atoms with Crippen molar-refractivity contribution in [2.75, 3.05) is 24.6 Å². The fraction of sp³-hybridized carbons (Fsp3) is 0.412. The minimum atomic E-state index is -0.560. The fourth-order valence-corrected chi connectivity index (χ4v) is 3.94. The molecule has 1 aromatic carbocycles. The molecule has 2 N–H and O–H groups in total. The van der Waals surface area contributed by atoms with Crippen LogP contribution >= 0.6 is 11.6 Å². The second-order valence-electron chi connectivity index (χ2n) is 6.40. The first kappa shape index (κ1) is 16.4. The molecule has 6 nitrogen and oxygen atoms in total. The van der Waals surface area contributed by atoms with Crippen molar-refractivity contribution < 1.29 is 19.1 Å². The van der Waals surface area contributed by atoms with Crippen molar-refractivity contribution in [3.8, 4) is 0 Å².